The second-order valence-electron chi connectivity index (χ2n) is 6.06. The summed E-state index contributed by atoms with van der Waals surface area (Å²) in [7, 11) is 0. The number of primary amides is 1. The molecule has 2 amide bonds. The van der Waals surface area contributed by atoms with Gasteiger partial charge in [-0.2, -0.15) is 0 Å². The van der Waals surface area contributed by atoms with Crippen LogP contribution in [-0.4, -0.2) is 21.8 Å². The molecule has 3 N–H and O–H groups in total. The van der Waals surface area contributed by atoms with Crippen LogP contribution in [0.4, 0.5) is 0 Å². The van der Waals surface area contributed by atoms with Gasteiger partial charge in [-0.3, -0.25) is 9.59 Å². The summed E-state index contributed by atoms with van der Waals surface area (Å²) in [6.07, 6.45) is 0.760. The molecule has 7 heteroatoms. The van der Waals surface area contributed by atoms with Crippen molar-refractivity contribution in [2.24, 2.45) is 5.73 Å². The highest BCUT2D eigenvalue weighted by atomic mass is 32.1. The van der Waals surface area contributed by atoms with Crippen LogP contribution in [0.3, 0.4) is 0 Å². The van der Waals surface area contributed by atoms with Crippen LogP contribution in [-0.2, 0) is 13.0 Å². The molecule has 0 saturated heterocycles. The topological polar surface area (TPSA) is 98.0 Å². The summed E-state index contributed by atoms with van der Waals surface area (Å²) in [6.45, 7) is 6.26. The van der Waals surface area contributed by atoms with E-state index in [2.05, 4.69) is 15.3 Å². The number of rotatable bonds is 5. The minimum absolute atomic E-state index is 0.137. The lowest BCUT2D eigenvalue weighted by molar-refractivity contribution is 0.0952. The van der Waals surface area contributed by atoms with E-state index in [0.29, 0.717) is 17.0 Å². The molecule has 2 heterocycles. The highest BCUT2D eigenvalue weighted by Crippen LogP contribution is 2.31. The average molecular weight is 368 g/mol. The normalized spacial score (nSPS) is 10.9. The van der Waals surface area contributed by atoms with Crippen LogP contribution in [0.1, 0.15) is 49.6 Å². The highest BCUT2D eigenvalue weighted by molar-refractivity contribution is 7.20. The molecule has 134 valence electrons. The van der Waals surface area contributed by atoms with E-state index in [-0.39, 0.29) is 5.91 Å². The van der Waals surface area contributed by atoms with E-state index >= 15 is 0 Å². The largest absolute Gasteiger partial charge is 0.366 e. The van der Waals surface area contributed by atoms with Gasteiger partial charge < -0.3 is 11.1 Å². The van der Waals surface area contributed by atoms with Crippen molar-refractivity contribution in [2.75, 3.05) is 0 Å². The van der Waals surface area contributed by atoms with Crippen molar-refractivity contribution in [1.82, 2.24) is 15.3 Å². The maximum Gasteiger partial charge on any atom is 0.261 e. The zero-order valence-electron chi connectivity index (χ0n) is 14.9. The first-order chi connectivity index (χ1) is 12.4. The molecule has 0 saturated carbocycles. The molecule has 3 aromatic rings. The summed E-state index contributed by atoms with van der Waals surface area (Å²) in [5.41, 5.74) is 8.38. The van der Waals surface area contributed by atoms with Crippen molar-refractivity contribution in [3.8, 4) is 0 Å². The van der Waals surface area contributed by atoms with Crippen molar-refractivity contribution in [1.29, 1.82) is 0 Å². The lowest BCUT2D eigenvalue weighted by Gasteiger charge is -2.05. The number of aromatic nitrogens is 2. The SMILES string of the molecule is CCc1nc(C)c2c(C)c(C(=O)NCc3ccc(C(N)=O)cc3)sc2n1. The highest BCUT2D eigenvalue weighted by Gasteiger charge is 2.18. The van der Waals surface area contributed by atoms with Crippen molar-refractivity contribution >= 4 is 33.4 Å². The number of nitrogens with two attached hydrogens (primary N) is 1. The van der Waals surface area contributed by atoms with Gasteiger partial charge in [-0.05, 0) is 37.1 Å². The van der Waals surface area contributed by atoms with Crippen molar-refractivity contribution in [3.63, 3.8) is 0 Å². The van der Waals surface area contributed by atoms with E-state index in [9.17, 15) is 9.59 Å². The van der Waals surface area contributed by atoms with E-state index in [0.717, 1.165) is 39.3 Å². The van der Waals surface area contributed by atoms with Gasteiger partial charge in [0.05, 0.1) is 4.88 Å². The van der Waals surface area contributed by atoms with Gasteiger partial charge in [0.1, 0.15) is 10.7 Å². The number of nitrogens with one attached hydrogen (secondary N) is 1. The summed E-state index contributed by atoms with van der Waals surface area (Å²) in [4.78, 5) is 34.3. The van der Waals surface area contributed by atoms with Crippen LogP contribution < -0.4 is 11.1 Å². The molecule has 26 heavy (non-hydrogen) atoms. The van der Waals surface area contributed by atoms with Crippen LogP contribution in [0.25, 0.3) is 10.2 Å². The zero-order chi connectivity index (χ0) is 18.8. The lowest BCUT2D eigenvalue weighted by atomic mass is 10.1. The zero-order valence-corrected chi connectivity index (χ0v) is 15.7. The minimum Gasteiger partial charge on any atom is -0.366 e. The second kappa shape index (κ2) is 7.21. The predicted molar refractivity (Wildman–Crippen MR) is 102 cm³/mol. The maximum absolute atomic E-state index is 12.6. The third-order valence-electron chi connectivity index (χ3n) is 4.23. The summed E-state index contributed by atoms with van der Waals surface area (Å²) >= 11 is 1.39. The summed E-state index contributed by atoms with van der Waals surface area (Å²) in [5, 5.41) is 3.88. The third kappa shape index (κ3) is 3.43. The van der Waals surface area contributed by atoms with Gasteiger partial charge in [-0.15, -0.1) is 11.3 Å². The van der Waals surface area contributed by atoms with Gasteiger partial charge in [0.25, 0.3) is 5.91 Å². The molecule has 3 rings (SSSR count). The fourth-order valence-electron chi connectivity index (χ4n) is 2.82. The number of fused-ring (bicyclic) bond motifs is 1. The van der Waals surface area contributed by atoms with Gasteiger partial charge in [-0.25, -0.2) is 9.97 Å². The molecule has 2 aromatic heterocycles. The molecule has 0 bridgehead atoms. The second-order valence-corrected chi connectivity index (χ2v) is 7.06. The van der Waals surface area contributed by atoms with Gasteiger partial charge >= 0.3 is 0 Å². The van der Waals surface area contributed by atoms with Gasteiger partial charge in [-0.1, -0.05) is 19.1 Å². The van der Waals surface area contributed by atoms with Crippen molar-refractivity contribution in [3.05, 3.63) is 57.4 Å². The number of benzene rings is 1. The monoisotopic (exact) mass is 368 g/mol. The number of nitrogens with zero attached hydrogens (tertiary/aromatic N) is 2. The van der Waals surface area contributed by atoms with Crippen molar-refractivity contribution in [2.45, 2.75) is 33.7 Å². The molecule has 0 radical (unpaired) electrons. The van der Waals surface area contributed by atoms with Gasteiger partial charge in [0.15, 0.2) is 0 Å². The Hall–Kier alpha value is -2.80. The van der Waals surface area contributed by atoms with Crippen LogP contribution in [0.2, 0.25) is 0 Å². The van der Waals surface area contributed by atoms with E-state index in [1.807, 2.05) is 20.8 Å². The fraction of sp³-hybridized carbons (Fsp3) is 0.263. The maximum atomic E-state index is 12.6. The Balaban J connectivity index is 1.80. The molecule has 0 spiro atoms. The smallest absolute Gasteiger partial charge is 0.261 e. The molecule has 0 unspecified atom stereocenters. The minimum atomic E-state index is -0.468. The molecular weight excluding hydrogens is 348 g/mol. The average Bonchev–Trinajstić information content (AvgIpc) is 2.97. The molecule has 6 nitrogen and oxygen atoms in total. The number of thiophene rings is 1. The number of hydrogen-bond donors (Lipinski definition) is 2. The third-order valence-corrected chi connectivity index (χ3v) is 5.42. The quantitative estimate of drug-likeness (QED) is 0.723. The number of amides is 2. The van der Waals surface area contributed by atoms with Crippen LogP contribution in [0, 0.1) is 13.8 Å². The molecule has 1 aromatic carbocycles. The molecular formula is C19H20N4O2S. The molecule has 0 atom stereocenters. The molecule has 0 fully saturated rings. The Morgan fingerprint density at radius 2 is 1.85 bits per heavy atom. The van der Waals surface area contributed by atoms with E-state index in [1.165, 1.54) is 11.3 Å². The number of carbonyl (C=O) groups excluding carboxylic acids is 2. The Morgan fingerprint density at radius 1 is 1.15 bits per heavy atom. The summed E-state index contributed by atoms with van der Waals surface area (Å²) in [5.74, 6) is 0.184. The summed E-state index contributed by atoms with van der Waals surface area (Å²) in [6, 6.07) is 6.86. The van der Waals surface area contributed by atoms with E-state index in [4.69, 9.17) is 5.73 Å². The first kappa shape index (κ1) is 18.0. The van der Waals surface area contributed by atoms with Crippen molar-refractivity contribution < 1.29 is 9.59 Å². The first-order valence-electron chi connectivity index (χ1n) is 8.34. The molecule has 0 aliphatic carbocycles. The van der Waals surface area contributed by atoms with Crippen LogP contribution in [0.15, 0.2) is 24.3 Å². The van der Waals surface area contributed by atoms with E-state index < -0.39 is 5.91 Å². The Morgan fingerprint density at radius 3 is 2.46 bits per heavy atom. The van der Waals surface area contributed by atoms with Gasteiger partial charge in [0, 0.05) is 29.6 Å². The lowest BCUT2D eigenvalue weighted by Crippen LogP contribution is -2.22. The number of aryl methyl sites for hydroxylation is 3. The fourth-order valence-corrected chi connectivity index (χ4v) is 3.99. The summed E-state index contributed by atoms with van der Waals surface area (Å²) < 4.78 is 0. The standard InChI is InChI=1S/C19H20N4O2S/c1-4-14-22-11(3)15-10(2)16(26-19(15)23-14)18(25)21-9-12-5-7-13(8-6-12)17(20)24/h5-8H,4,9H2,1-3H3,(H2,20,24)(H,21,25). The van der Waals surface area contributed by atoms with Crippen LogP contribution in [0.5, 0.6) is 0 Å². The Bertz CT molecular complexity index is 993. The molecule has 0 aliphatic rings. The molecule has 0 aliphatic heterocycles. The van der Waals surface area contributed by atoms with Crippen LogP contribution >= 0.6 is 11.3 Å². The van der Waals surface area contributed by atoms with E-state index in [1.54, 1.807) is 24.3 Å². The number of hydrogen-bond acceptors (Lipinski definition) is 5. The van der Waals surface area contributed by atoms with Gasteiger partial charge in [0.2, 0.25) is 5.91 Å². The Labute approximate surface area is 155 Å². The number of carbonyl (C=O) groups is 2. The predicted octanol–water partition coefficient (Wildman–Crippen LogP) is 2.90. The Kier molecular flexibility index (Phi) is 4.99. The first-order valence-corrected chi connectivity index (χ1v) is 9.16.